The molecular weight excluding hydrogens is 416 g/mol. The molecule has 1 N–H and O–H groups in total. The monoisotopic (exact) mass is 456 g/mol. The van der Waals surface area contributed by atoms with E-state index >= 15 is 0 Å². The molecule has 0 radical (unpaired) electrons. The van der Waals surface area contributed by atoms with Gasteiger partial charge in [-0.05, 0) is 115 Å². The summed E-state index contributed by atoms with van der Waals surface area (Å²) < 4.78 is 11.6. The van der Waals surface area contributed by atoms with Gasteiger partial charge in [-0.25, -0.2) is 0 Å². The molecule has 3 aliphatic carbocycles. The third-order valence-electron chi connectivity index (χ3n) is 8.30. The number of carbonyl (C=O) groups is 2. The molecule has 0 saturated heterocycles. The van der Waals surface area contributed by atoms with Crippen molar-refractivity contribution in [1.82, 2.24) is 0 Å². The van der Waals surface area contributed by atoms with E-state index in [1.54, 1.807) is 0 Å². The molecular formula is C28H40O5. The van der Waals surface area contributed by atoms with Gasteiger partial charge in [0.1, 0.15) is 11.9 Å². The van der Waals surface area contributed by atoms with Gasteiger partial charge >= 0.3 is 11.9 Å². The van der Waals surface area contributed by atoms with Gasteiger partial charge in [-0.3, -0.25) is 9.59 Å². The van der Waals surface area contributed by atoms with Gasteiger partial charge < -0.3 is 14.6 Å². The number of carbonyl (C=O) groups excluding carboxylic acids is 2. The van der Waals surface area contributed by atoms with E-state index in [1.165, 1.54) is 11.1 Å². The van der Waals surface area contributed by atoms with Crippen LogP contribution in [-0.2, 0) is 20.7 Å². The van der Waals surface area contributed by atoms with E-state index in [0.29, 0.717) is 29.9 Å². The van der Waals surface area contributed by atoms with Crippen LogP contribution in [0.15, 0.2) is 18.2 Å². The molecule has 2 saturated carbocycles. The van der Waals surface area contributed by atoms with E-state index in [-0.39, 0.29) is 17.4 Å². The molecule has 0 amide bonds. The number of hydrogen-bond donors (Lipinski definition) is 1. The topological polar surface area (TPSA) is 72.8 Å². The number of aryl methyl sites for hydroxylation is 1. The largest absolute Gasteiger partial charge is 0.459 e. The number of aliphatic hydroxyl groups excluding tert-OH is 1. The summed E-state index contributed by atoms with van der Waals surface area (Å²) in [6.07, 6.45) is 3.58. The zero-order valence-corrected chi connectivity index (χ0v) is 21.2. The Kier molecular flexibility index (Phi) is 5.96. The van der Waals surface area contributed by atoms with Crippen molar-refractivity contribution >= 4 is 11.9 Å². The second-order valence-electron chi connectivity index (χ2n) is 12.8. The lowest BCUT2D eigenvalue weighted by Crippen LogP contribution is -2.47. The maximum atomic E-state index is 12.6. The number of ether oxygens (including phenoxy) is 2. The number of benzene rings is 1. The minimum atomic E-state index is -0.606. The van der Waals surface area contributed by atoms with Gasteiger partial charge in [0.25, 0.3) is 0 Å². The first-order chi connectivity index (χ1) is 15.2. The minimum absolute atomic E-state index is 0.193. The molecule has 0 bridgehead atoms. The van der Waals surface area contributed by atoms with Crippen LogP contribution < -0.4 is 4.74 Å². The van der Waals surface area contributed by atoms with Crippen LogP contribution >= 0.6 is 0 Å². The summed E-state index contributed by atoms with van der Waals surface area (Å²) in [5.41, 5.74) is 1.32. The van der Waals surface area contributed by atoms with E-state index < -0.39 is 23.0 Å². The van der Waals surface area contributed by atoms with Crippen molar-refractivity contribution in [2.45, 2.75) is 98.7 Å². The maximum absolute atomic E-state index is 12.6. The first-order valence-corrected chi connectivity index (χ1v) is 12.5. The highest BCUT2D eigenvalue weighted by atomic mass is 16.6. The molecule has 1 aromatic carbocycles. The van der Waals surface area contributed by atoms with Gasteiger partial charge in [-0.2, -0.15) is 0 Å². The highest BCUT2D eigenvalue weighted by Crippen LogP contribution is 2.61. The van der Waals surface area contributed by atoms with Crippen molar-refractivity contribution in [1.29, 1.82) is 0 Å². The second-order valence-corrected chi connectivity index (χ2v) is 12.8. The predicted molar refractivity (Wildman–Crippen MR) is 127 cm³/mol. The van der Waals surface area contributed by atoms with E-state index in [2.05, 4.69) is 13.0 Å². The van der Waals surface area contributed by atoms with Crippen LogP contribution in [-0.4, -0.2) is 29.3 Å². The van der Waals surface area contributed by atoms with Crippen molar-refractivity contribution in [2.24, 2.45) is 28.1 Å². The average molecular weight is 457 g/mol. The Labute approximate surface area is 198 Å². The van der Waals surface area contributed by atoms with Crippen molar-refractivity contribution < 1.29 is 24.2 Å². The van der Waals surface area contributed by atoms with Crippen LogP contribution in [0.2, 0.25) is 0 Å². The number of esters is 2. The van der Waals surface area contributed by atoms with Crippen molar-refractivity contribution in [3.8, 4) is 5.75 Å². The molecule has 5 heteroatoms. The van der Waals surface area contributed by atoms with Crippen LogP contribution in [0.25, 0.3) is 0 Å². The number of rotatable bonds is 2. The van der Waals surface area contributed by atoms with Crippen molar-refractivity contribution in [2.75, 3.05) is 0 Å². The molecule has 182 valence electrons. The molecule has 0 aliphatic heterocycles. The quantitative estimate of drug-likeness (QED) is 0.475. The first-order valence-electron chi connectivity index (χ1n) is 12.5. The fourth-order valence-electron chi connectivity index (χ4n) is 6.36. The lowest BCUT2D eigenvalue weighted by molar-refractivity contribution is -0.173. The van der Waals surface area contributed by atoms with E-state index in [1.807, 2.05) is 53.7 Å². The van der Waals surface area contributed by atoms with Crippen LogP contribution in [0.5, 0.6) is 5.75 Å². The Hall–Kier alpha value is -1.88. The fraction of sp³-hybridized carbons (Fsp3) is 0.714. The van der Waals surface area contributed by atoms with E-state index in [4.69, 9.17) is 9.47 Å². The predicted octanol–water partition coefficient (Wildman–Crippen LogP) is 5.42. The lowest BCUT2D eigenvalue weighted by atomic mass is 9.55. The molecule has 33 heavy (non-hydrogen) atoms. The van der Waals surface area contributed by atoms with Gasteiger partial charge in [0, 0.05) is 5.41 Å². The molecule has 4 rings (SSSR count). The number of fused-ring (bicyclic) bond motifs is 5. The third-order valence-corrected chi connectivity index (χ3v) is 8.30. The third kappa shape index (κ3) is 4.34. The van der Waals surface area contributed by atoms with Gasteiger partial charge in [0.2, 0.25) is 0 Å². The summed E-state index contributed by atoms with van der Waals surface area (Å²) in [4.78, 5) is 24.9. The molecule has 1 aromatic rings. The summed E-state index contributed by atoms with van der Waals surface area (Å²) in [5.74, 6) is 1.40. The SMILES string of the molecule is CC(C)(C)C(=O)Oc1ccc2c(c1)CC[C@@H]1[C@@H]2CC[C@@]2(C)[C@H]1C[C@@H](O)[C@@H]2OC(=O)C(C)(C)C. The standard InChI is InChI=1S/C28H40O5/c1-26(2,3)24(30)32-17-9-11-18-16(14-17)8-10-20-19(18)12-13-28(7)21(20)15-22(29)23(28)33-25(31)27(4,5)6/h9,11,14,19-23,29H,8,10,12-13,15H2,1-7H3/t19-,20-,21+,22-,23+,28+/m1/s1. The van der Waals surface area contributed by atoms with E-state index in [0.717, 1.165) is 25.7 Å². The highest BCUT2D eigenvalue weighted by Gasteiger charge is 2.60. The Morgan fingerprint density at radius 2 is 1.70 bits per heavy atom. The smallest absolute Gasteiger partial charge is 0.316 e. The van der Waals surface area contributed by atoms with Gasteiger partial charge in [0.15, 0.2) is 0 Å². The second kappa shape index (κ2) is 8.11. The normalized spacial score (nSPS) is 33.5. The van der Waals surface area contributed by atoms with Crippen LogP contribution in [0.4, 0.5) is 0 Å². The van der Waals surface area contributed by atoms with E-state index in [9.17, 15) is 14.7 Å². The Balaban J connectivity index is 1.54. The molecule has 0 aromatic heterocycles. The van der Waals surface area contributed by atoms with Gasteiger partial charge in [-0.1, -0.05) is 13.0 Å². The van der Waals surface area contributed by atoms with Crippen molar-refractivity contribution in [3.63, 3.8) is 0 Å². The first kappa shape index (κ1) is 24.3. The Bertz CT molecular complexity index is 937. The number of hydrogen-bond acceptors (Lipinski definition) is 5. The van der Waals surface area contributed by atoms with Crippen LogP contribution in [0.1, 0.15) is 91.2 Å². The highest BCUT2D eigenvalue weighted by molar-refractivity contribution is 5.78. The van der Waals surface area contributed by atoms with Crippen molar-refractivity contribution in [3.05, 3.63) is 29.3 Å². The molecule has 2 fully saturated rings. The molecule has 0 heterocycles. The summed E-state index contributed by atoms with van der Waals surface area (Å²) in [6.45, 7) is 13.4. The fourth-order valence-corrected chi connectivity index (χ4v) is 6.36. The molecule has 0 unspecified atom stereocenters. The minimum Gasteiger partial charge on any atom is -0.459 e. The van der Waals surface area contributed by atoms with Crippen LogP contribution in [0.3, 0.4) is 0 Å². The summed E-state index contributed by atoms with van der Waals surface area (Å²) in [7, 11) is 0. The van der Waals surface area contributed by atoms with Crippen LogP contribution in [0, 0.1) is 28.1 Å². The van der Waals surface area contributed by atoms with Gasteiger partial charge in [-0.15, -0.1) is 0 Å². The van der Waals surface area contributed by atoms with Gasteiger partial charge in [0.05, 0.1) is 16.9 Å². The summed E-state index contributed by atoms with van der Waals surface area (Å²) in [5, 5.41) is 10.9. The molecule has 6 atom stereocenters. The number of aliphatic hydroxyl groups is 1. The molecule has 3 aliphatic rings. The maximum Gasteiger partial charge on any atom is 0.316 e. The zero-order valence-electron chi connectivity index (χ0n) is 21.2. The Morgan fingerprint density at radius 1 is 1.03 bits per heavy atom. The summed E-state index contributed by atoms with van der Waals surface area (Å²) >= 11 is 0. The average Bonchev–Trinajstić information content (AvgIpc) is 2.96. The Morgan fingerprint density at radius 3 is 2.33 bits per heavy atom. The lowest BCUT2D eigenvalue weighted by Gasteiger charge is -2.50. The molecule has 0 spiro atoms. The zero-order chi connectivity index (χ0) is 24.3. The molecule has 5 nitrogen and oxygen atoms in total. The summed E-state index contributed by atoms with van der Waals surface area (Å²) in [6, 6.07) is 6.11.